The number of imidazole rings is 3. The molecule has 0 fully saturated rings. The lowest BCUT2D eigenvalue weighted by atomic mass is 10.0. The molecule has 30 heteroatoms. The predicted molar refractivity (Wildman–Crippen MR) is 272 cm³/mol. The third kappa shape index (κ3) is 22.4. The van der Waals surface area contributed by atoms with Crippen LogP contribution in [-0.2, 0) is 67.2 Å². The summed E-state index contributed by atoms with van der Waals surface area (Å²) in [5.74, 6) is -9.48. The molecule has 3 heterocycles. The number of nitrogens with one attached hydrogen (secondary N) is 12. The standard InChI is InChI=1S/C46H73N19O11/c1-23(2)10-31(42(72)63-33(13-28-16-52-22-59-28)41(71)55-19-36(68)64-38(25(5)6)44(74)62-30(45(75)76)8-7-9-53-46(48)49)60-34(66)17-54-40(70)32(12-27-15-51-21-58-27)61-35(67)18-56-43(73)37(24(3)4)65-39(69)29(47)11-26-14-50-20-57-26/h14-16,20-25,29-33,37-38H,7-13,17-19,47H2,1-6H3,(H,50,57)(H,51,58)(H,52,59)(H,54,70)(H,55,71)(H,56,73)(H,60,66)(H,61,67)(H,62,74)(H,63,72)(H,64,68)(H,65,69)(H,75,76)(H4,48,49,53)/t29-,30-,31-,32-,33-,37-,38-/m0/s1. The molecule has 0 saturated heterocycles. The van der Waals surface area contributed by atoms with E-state index in [0.717, 1.165) is 0 Å². The van der Waals surface area contributed by atoms with Crippen LogP contribution in [0.1, 0.15) is 77.9 Å². The van der Waals surface area contributed by atoms with Crippen LogP contribution in [0.4, 0.5) is 0 Å². The van der Waals surface area contributed by atoms with Gasteiger partial charge < -0.3 is 85.1 Å². The minimum atomic E-state index is -1.34. The molecule has 418 valence electrons. The fourth-order valence-corrected chi connectivity index (χ4v) is 7.28. The van der Waals surface area contributed by atoms with Gasteiger partial charge in [0, 0.05) is 61.5 Å². The number of H-pyrrole nitrogens is 3. The quantitative estimate of drug-likeness (QED) is 0.0154. The molecule has 0 radical (unpaired) electrons. The number of hydrogen-bond donors (Lipinski definition) is 16. The van der Waals surface area contributed by atoms with Crippen molar-refractivity contribution in [2.75, 3.05) is 26.2 Å². The van der Waals surface area contributed by atoms with Crippen LogP contribution in [0.15, 0.2) is 42.6 Å². The van der Waals surface area contributed by atoms with Crippen molar-refractivity contribution < 1.29 is 53.1 Å². The van der Waals surface area contributed by atoms with Crippen LogP contribution in [0.2, 0.25) is 0 Å². The summed E-state index contributed by atoms with van der Waals surface area (Å²) in [5, 5.41) is 32.3. The van der Waals surface area contributed by atoms with Crippen LogP contribution in [0.5, 0.6) is 0 Å². The van der Waals surface area contributed by atoms with Crippen LogP contribution in [0.3, 0.4) is 0 Å². The van der Waals surface area contributed by atoms with E-state index in [-0.39, 0.29) is 56.9 Å². The number of carboxylic acid groups (broad SMARTS) is 1. The number of nitrogens with zero attached hydrogens (tertiary/aromatic N) is 4. The Balaban J connectivity index is 1.63. The first-order valence-electron chi connectivity index (χ1n) is 24.5. The van der Waals surface area contributed by atoms with Crippen LogP contribution < -0.4 is 65.1 Å². The lowest BCUT2D eigenvalue weighted by molar-refractivity contribution is -0.142. The summed E-state index contributed by atoms with van der Waals surface area (Å²) in [4.78, 5) is 156. The van der Waals surface area contributed by atoms with Gasteiger partial charge in [-0.15, -0.1) is 0 Å². The van der Waals surface area contributed by atoms with Gasteiger partial charge in [0.2, 0.25) is 53.2 Å². The topological polar surface area (TPSA) is 476 Å². The van der Waals surface area contributed by atoms with E-state index in [4.69, 9.17) is 17.2 Å². The lowest BCUT2D eigenvalue weighted by Gasteiger charge is -2.25. The second-order valence-electron chi connectivity index (χ2n) is 18.9. The van der Waals surface area contributed by atoms with E-state index in [1.807, 2.05) is 0 Å². The number of rotatable bonds is 33. The zero-order valence-corrected chi connectivity index (χ0v) is 43.4. The highest BCUT2D eigenvalue weighted by atomic mass is 16.4. The minimum Gasteiger partial charge on any atom is -0.480 e. The van der Waals surface area contributed by atoms with Gasteiger partial charge in [-0.1, -0.05) is 41.5 Å². The molecule has 0 aromatic carbocycles. The molecule has 3 rings (SSSR count). The zero-order chi connectivity index (χ0) is 56.5. The van der Waals surface area contributed by atoms with Crippen molar-refractivity contribution in [2.24, 2.45) is 39.9 Å². The third-order valence-corrected chi connectivity index (χ3v) is 11.3. The third-order valence-electron chi connectivity index (χ3n) is 11.3. The van der Waals surface area contributed by atoms with Gasteiger partial charge >= 0.3 is 5.97 Å². The molecule has 0 bridgehead atoms. The zero-order valence-electron chi connectivity index (χ0n) is 43.4. The summed E-state index contributed by atoms with van der Waals surface area (Å²) < 4.78 is 0. The molecule has 76 heavy (non-hydrogen) atoms. The Hall–Kier alpha value is -8.44. The van der Waals surface area contributed by atoms with E-state index < -0.39 is 133 Å². The Kier molecular flexibility index (Phi) is 25.5. The van der Waals surface area contributed by atoms with Gasteiger partial charge in [0.05, 0.1) is 44.7 Å². The van der Waals surface area contributed by atoms with E-state index in [1.54, 1.807) is 41.5 Å². The van der Waals surface area contributed by atoms with Crippen molar-refractivity contribution in [1.82, 2.24) is 77.8 Å². The average Bonchev–Trinajstić information content (AvgIpc) is 4.18. The van der Waals surface area contributed by atoms with Gasteiger partial charge in [-0.3, -0.25) is 48.1 Å². The van der Waals surface area contributed by atoms with Crippen molar-refractivity contribution in [3.05, 3.63) is 54.7 Å². The molecular weight excluding hydrogens is 995 g/mol. The van der Waals surface area contributed by atoms with E-state index in [2.05, 4.69) is 82.7 Å². The summed E-state index contributed by atoms with van der Waals surface area (Å²) in [6.45, 7) is 8.41. The number of guanidine groups is 1. The fourth-order valence-electron chi connectivity index (χ4n) is 7.28. The molecule has 3 aromatic rings. The summed E-state index contributed by atoms with van der Waals surface area (Å²) in [6.07, 6.45) is 8.68. The smallest absolute Gasteiger partial charge is 0.326 e. The number of aliphatic carboxylic acids is 1. The van der Waals surface area contributed by atoms with Crippen molar-refractivity contribution in [1.29, 1.82) is 0 Å². The summed E-state index contributed by atoms with van der Waals surface area (Å²) in [7, 11) is 0. The van der Waals surface area contributed by atoms with Gasteiger partial charge in [0.15, 0.2) is 5.96 Å². The molecule has 0 aliphatic rings. The van der Waals surface area contributed by atoms with Crippen LogP contribution in [0, 0.1) is 17.8 Å². The number of aliphatic imine (C=N–C) groups is 1. The summed E-state index contributed by atoms with van der Waals surface area (Å²) >= 11 is 0. The van der Waals surface area contributed by atoms with Crippen LogP contribution in [-0.4, -0.2) is 169 Å². The molecule has 0 unspecified atom stereocenters. The Morgan fingerprint density at radius 1 is 0.539 bits per heavy atom. The van der Waals surface area contributed by atoms with Crippen molar-refractivity contribution in [2.45, 2.75) is 122 Å². The van der Waals surface area contributed by atoms with E-state index >= 15 is 0 Å². The van der Waals surface area contributed by atoms with Gasteiger partial charge in [-0.25, -0.2) is 19.7 Å². The summed E-state index contributed by atoms with van der Waals surface area (Å²) in [5.41, 5.74) is 18.1. The minimum absolute atomic E-state index is 0.00827. The number of aromatic amines is 3. The van der Waals surface area contributed by atoms with Gasteiger partial charge in [-0.05, 0) is 37.0 Å². The summed E-state index contributed by atoms with van der Waals surface area (Å²) in [6, 6.07) is -8.46. The van der Waals surface area contributed by atoms with Gasteiger partial charge in [0.1, 0.15) is 36.3 Å². The monoisotopic (exact) mass is 1070 g/mol. The molecule has 0 aliphatic carbocycles. The first-order chi connectivity index (χ1) is 35.9. The maximum absolute atomic E-state index is 13.9. The number of carbonyl (C=O) groups excluding carboxylic acids is 9. The lowest BCUT2D eigenvalue weighted by Crippen LogP contribution is -2.58. The largest absolute Gasteiger partial charge is 0.480 e. The molecule has 0 aliphatic heterocycles. The normalized spacial score (nSPS) is 13.9. The molecular formula is C46H73N19O11. The van der Waals surface area contributed by atoms with Crippen LogP contribution >= 0.6 is 0 Å². The highest BCUT2D eigenvalue weighted by molar-refractivity contribution is 5.97. The molecule has 7 atom stereocenters. The van der Waals surface area contributed by atoms with E-state index in [0.29, 0.717) is 17.1 Å². The van der Waals surface area contributed by atoms with Crippen LogP contribution in [0.25, 0.3) is 0 Å². The number of carbonyl (C=O) groups is 10. The second-order valence-corrected chi connectivity index (χ2v) is 18.9. The SMILES string of the molecule is CC(C)C[C@H](NC(=O)CNC(=O)[C@H](Cc1cnc[nH]1)NC(=O)CNC(=O)[C@@H](NC(=O)[C@@H](N)Cc1cnc[nH]1)C(C)C)C(=O)N[C@@H](Cc1cnc[nH]1)C(=O)NCC(=O)N[C@H](C(=O)N[C@@H](CCCN=C(N)N)C(=O)O)C(C)C. The van der Waals surface area contributed by atoms with Crippen molar-refractivity contribution in [3.8, 4) is 0 Å². The fraction of sp³-hybridized carbons (Fsp3) is 0.565. The highest BCUT2D eigenvalue weighted by Gasteiger charge is 2.32. The number of hydrogen-bond acceptors (Lipinski definition) is 15. The molecule has 0 spiro atoms. The molecule has 3 aromatic heterocycles. The number of amides is 9. The van der Waals surface area contributed by atoms with E-state index in [9.17, 15) is 53.1 Å². The second kappa shape index (κ2) is 31.3. The first kappa shape index (κ1) is 61.9. The Bertz CT molecular complexity index is 2410. The van der Waals surface area contributed by atoms with E-state index in [1.165, 1.54) is 37.6 Å². The number of aromatic nitrogens is 6. The predicted octanol–water partition coefficient (Wildman–Crippen LogP) is -5.04. The van der Waals surface area contributed by atoms with Gasteiger partial charge in [-0.2, -0.15) is 0 Å². The van der Waals surface area contributed by atoms with Crippen molar-refractivity contribution in [3.63, 3.8) is 0 Å². The number of nitrogens with two attached hydrogens (primary N) is 3. The Morgan fingerprint density at radius 3 is 1.42 bits per heavy atom. The highest BCUT2D eigenvalue weighted by Crippen LogP contribution is 2.10. The maximum atomic E-state index is 13.9. The Morgan fingerprint density at radius 2 is 0.974 bits per heavy atom. The Labute approximate surface area is 438 Å². The molecule has 19 N–H and O–H groups in total. The van der Waals surface area contributed by atoms with Crippen molar-refractivity contribution >= 4 is 65.1 Å². The molecule has 9 amide bonds. The first-order valence-corrected chi connectivity index (χ1v) is 24.5. The molecule has 30 nitrogen and oxygen atoms in total. The number of carboxylic acids is 1. The van der Waals surface area contributed by atoms with Gasteiger partial charge in [0.25, 0.3) is 0 Å². The maximum Gasteiger partial charge on any atom is 0.326 e. The molecule has 0 saturated carbocycles. The average molecular weight is 1070 g/mol.